The Kier molecular flexibility index (Phi) is 72.5. The normalized spacial score (nSPS) is 13.8. The fourth-order valence-corrected chi connectivity index (χ4v) is 13.1. The van der Waals surface area contributed by atoms with Crippen molar-refractivity contribution in [1.29, 1.82) is 0 Å². The van der Waals surface area contributed by atoms with E-state index in [2.05, 4.69) is 79.9 Å². The summed E-state index contributed by atoms with van der Waals surface area (Å²) in [5.41, 5.74) is 0. The molecule has 0 bridgehead atoms. The van der Waals surface area contributed by atoms with Crippen LogP contribution in [0.5, 0.6) is 0 Å². The molecule has 0 saturated heterocycles. The van der Waals surface area contributed by atoms with Crippen molar-refractivity contribution in [3.8, 4) is 0 Å². The number of carbonyl (C=O) groups excluding carboxylic acids is 1. The van der Waals surface area contributed by atoms with Crippen molar-refractivity contribution in [3.63, 3.8) is 0 Å². The highest BCUT2D eigenvalue weighted by Crippen LogP contribution is 2.38. The Morgan fingerprint density at radius 1 is 0.387 bits per heavy atom. The van der Waals surface area contributed by atoms with Gasteiger partial charge in [-0.3, -0.25) is 9.36 Å². The molecule has 0 aliphatic heterocycles. The number of carbonyl (C=O) groups is 1. The number of amides is 1. The van der Waals surface area contributed by atoms with E-state index in [1.165, 1.54) is 315 Å². The fraction of sp³-hybridized carbons (Fsp3) is 0.845. The maximum Gasteiger partial charge on any atom is 0.268 e. The van der Waals surface area contributed by atoms with Crippen LogP contribution in [-0.2, 0) is 18.4 Å². The summed E-state index contributed by atoms with van der Waals surface area (Å²) in [6.45, 7) is 4.60. The van der Waals surface area contributed by atoms with Crippen LogP contribution in [-0.4, -0.2) is 68.5 Å². The zero-order valence-electron chi connectivity index (χ0n) is 62.7. The second kappa shape index (κ2) is 74.2. The third-order valence-electron chi connectivity index (χ3n) is 18.7. The second-order valence-electron chi connectivity index (χ2n) is 29.1. The largest absolute Gasteiger partial charge is 0.756 e. The van der Waals surface area contributed by atoms with Crippen molar-refractivity contribution in [1.82, 2.24) is 5.32 Å². The van der Waals surface area contributed by atoms with Crippen LogP contribution >= 0.6 is 7.82 Å². The summed E-state index contributed by atoms with van der Waals surface area (Å²) in [6.07, 6.45) is 105. The van der Waals surface area contributed by atoms with E-state index in [4.69, 9.17) is 9.05 Å². The number of allylic oxidation sites excluding steroid dienone is 11. The molecule has 2 N–H and O–H groups in total. The molecule has 0 saturated carbocycles. The summed E-state index contributed by atoms with van der Waals surface area (Å²) >= 11 is 0. The van der Waals surface area contributed by atoms with Gasteiger partial charge < -0.3 is 28.8 Å². The number of hydrogen-bond acceptors (Lipinski definition) is 6. The Bertz CT molecular complexity index is 1750. The fourth-order valence-electron chi connectivity index (χ4n) is 12.4. The van der Waals surface area contributed by atoms with E-state index in [0.29, 0.717) is 17.4 Å². The van der Waals surface area contributed by atoms with Crippen molar-refractivity contribution >= 4 is 13.7 Å². The molecule has 0 aromatic heterocycles. The molecule has 9 heteroatoms. The Labute approximate surface area is 580 Å². The average molecular weight is 1320 g/mol. The second-order valence-corrected chi connectivity index (χ2v) is 30.5. The zero-order chi connectivity index (χ0) is 67.6. The number of quaternary nitrogens is 1. The third kappa shape index (κ3) is 77.2. The van der Waals surface area contributed by atoms with Crippen molar-refractivity contribution in [2.24, 2.45) is 0 Å². The molecule has 546 valence electrons. The maximum absolute atomic E-state index is 13.1. The number of nitrogens with one attached hydrogen (secondary N) is 1. The first-order valence-corrected chi connectivity index (χ1v) is 42.3. The number of aliphatic hydroxyl groups excluding tert-OH is 1. The van der Waals surface area contributed by atoms with Crippen LogP contribution in [0.15, 0.2) is 72.9 Å². The molecule has 0 heterocycles. The molecule has 0 rings (SSSR count). The highest BCUT2D eigenvalue weighted by Gasteiger charge is 2.23. The Morgan fingerprint density at radius 2 is 0.656 bits per heavy atom. The predicted molar refractivity (Wildman–Crippen MR) is 408 cm³/mol. The van der Waals surface area contributed by atoms with Gasteiger partial charge in [-0.15, -0.1) is 0 Å². The molecule has 1 amide bonds. The molecule has 0 radical (unpaired) electrons. The van der Waals surface area contributed by atoms with E-state index in [1.54, 1.807) is 6.08 Å². The molecule has 3 atom stereocenters. The minimum absolute atomic E-state index is 0.0000709. The number of phosphoric ester groups is 1. The molecule has 93 heavy (non-hydrogen) atoms. The number of aliphatic hydroxyl groups is 1. The number of likely N-dealkylation sites (N-methyl/N-ethyl adjacent to an activating group) is 1. The number of nitrogens with zero attached hydrogens (tertiary/aromatic N) is 1. The van der Waals surface area contributed by atoms with Crippen LogP contribution in [0.3, 0.4) is 0 Å². The van der Waals surface area contributed by atoms with E-state index >= 15 is 0 Å². The van der Waals surface area contributed by atoms with Gasteiger partial charge in [-0.1, -0.05) is 408 Å². The lowest BCUT2D eigenvalue weighted by atomic mass is 10.0. The van der Waals surface area contributed by atoms with Gasteiger partial charge in [0.1, 0.15) is 13.2 Å². The summed E-state index contributed by atoms with van der Waals surface area (Å²) in [7, 11) is 1.28. The van der Waals surface area contributed by atoms with Gasteiger partial charge in [0.25, 0.3) is 7.82 Å². The van der Waals surface area contributed by atoms with Crippen molar-refractivity contribution in [3.05, 3.63) is 72.9 Å². The summed E-state index contributed by atoms with van der Waals surface area (Å²) in [4.78, 5) is 25.7. The quantitative estimate of drug-likeness (QED) is 0.0272. The van der Waals surface area contributed by atoms with E-state index in [1.807, 2.05) is 27.2 Å². The first-order chi connectivity index (χ1) is 45.5. The van der Waals surface area contributed by atoms with Gasteiger partial charge in [-0.25, -0.2) is 0 Å². The van der Waals surface area contributed by atoms with Crippen LogP contribution in [0, 0.1) is 0 Å². The predicted octanol–water partition coefficient (Wildman–Crippen LogP) is 26.2. The molecule has 0 fully saturated rings. The van der Waals surface area contributed by atoms with E-state index in [0.717, 1.165) is 70.6 Å². The number of unbranched alkanes of at least 4 members (excludes halogenated alkanes) is 53. The lowest BCUT2D eigenvalue weighted by molar-refractivity contribution is -0.870. The first-order valence-electron chi connectivity index (χ1n) is 40.8. The Hall–Kier alpha value is -2.06. The first kappa shape index (κ1) is 90.9. The molecular formula is C84H159N2O6P. The molecule has 0 aromatic carbocycles. The third-order valence-corrected chi connectivity index (χ3v) is 19.6. The lowest BCUT2D eigenvalue weighted by Crippen LogP contribution is -2.45. The van der Waals surface area contributed by atoms with Gasteiger partial charge >= 0.3 is 0 Å². The van der Waals surface area contributed by atoms with E-state index < -0.39 is 20.0 Å². The molecule has 3 unspecified atom stereocenters. The SMILES string of the molecule is CC/C=C\C/C=C\C/C=C\C/C=C\C/C=C\CCCCCCCCCCCCCCCCCCCCCCCCCC(=O)NC(COP(=O)([O-])OCC[N+](C)(C)C)C(O)/C=C/CCCCCCCCCCCCCCCCCCCCCCCCCCCCCCCC. The number of phosphoric acid groups is 1. The lowest BCUT2D eigenvalue weighted by Gasteiger charge is -2.29. The molecule has 0 aliphatic rings. The number of hydrogen-bond donors (Lipinski definition) is 2. The van der Waals surface area contributed by atoms with E-state index in [9.17, 15) is 19.4 Å². The van der Waals surface area contributed by atoms with Crippen molar-refractivity contribution < 1.29 is 32.9 Å². The zero-order valence-corrected chi connectivity index (χ0v) is 63.6. The van der Waals surface area contributed by atoms with Gasteiger partial charge in [0, 0.05) is 6.42 Å². The maximum atomic E-state index is 13.1. The smallest absolute Gasteiger partial charge is 0.268 e. The summed E-state index contributed by atoms with van der Waals surface area (Å²) in [5.74, 6) is -0.190. The Balaban J connectivity index is 3.94. The highest BCUT2D eigenvalue weighted by molar-refractivity contribution is 7.45. The summed E-state index contributed by atoms with van der Waals surface area (Å²) in [5, 5.41) is 14.0. The summed E-state index contributed by atoms with van der Waals surface area (Å²) < 4.78 is 23.5. The van der Waals surface area contributed by atoms with Crippen LogP contribution in [0.2, 0.25) is 0 Å². The van der Waals surface area contributed by atoms with Gasteiger partial charge in [0.15, 0.2) is 0 Å². The molecule has 0 aliphatic carbocycles. The minimum atomic E-state index is -4.61. The van der Waals surface area contributed by atoms with Crippen molar-refractivity contribution in [2.45, 2.75) is 418 Å². The van der Waals surface area contributed by atoms with Gasteiger partial charge in [-0.05, 0) is 64.2 Å². The standard InChI is InChI=1S/C84H159N2O6P/c1-6-8-10-12-14-16-18-20-22-24-26-28-30-32-34-36-38-40-41-42-43-44-45-46-48-50-52-54-56-58-60-62-64-66-68-70-72-74-76-78-84(88)85-82(81-92-93(89,90)91-80-79-86(3,4)5)83(87)77-75-73-71-69-67-65-63-61-59-57-55-53-51-49-47-39-37-35-33-31-29-27-25-23-21-19-17-15-13-11-9-7-2/h8,10,14,16,20,22,26,28,32,34,75,77,82-83,87H,6-7,9,11-13,15,17-19,21,23-25,27,29-31,33,35-74,76,78-81H2,1-5H3,(H-,85,88,89,90)/b10-8-,16-14-,22-20-,28-26-,34-32-,77-75+. The molecule has 0 aromatic rings. The van der Waals surface area contributed by atoms with Crippen LogP contribution in [0.4, 0.5) is 0 Å². The number of rotatable bonds is 76. The van der Waals surface area contributed by atoms with Crippen LogP contribution in [0.25, 0.3) is 0 Å². The van der Waals surface area contributed by atoms with Crippen molar-refractivity contribution in [2.75, 3.05) is 40.9 Å². The topological polar surface area (TPSA) is 108 Å². The minimum Gasteiger partial charge on any atom is -0.756 e. The van der Waals surface area contributed by atoms with Crippen LogP contribution in [0.1, 0.15) is 406 Å². The summed E-state index contributed by atoms with van der Waals surface area (Å²) in [6, 6.07) is -0.889. The molecule has 8 nitrogen and oxygen atoms in total. The van der Waals surface area contributed by atoms with E-state index in [-0.39, 0.29) is 19.1 Å². The monoisotopic (exact) mass is 1320 g/mol. The average Bonchev–Trinajstić information content (AvgIpc) is 1.94. The highest BCUT2D eigenvalue weighted by atomic mass is 31.2. The molecule has 0 spiro atoms. The van der Waals surface area contributed by atoms with Gasteiger partial charge in [0.05, 0.1) is 39.9 Å². The Morgan fingerprint density at radius 3 is 0.957 bits per heavy atom. The van der Waals surface area contributed by atoms with Crippen LogP contribution < -0.4 is 10.2 Å². The van der Waals surface area contributed by atoms with Gasteiger partial charge in [-0.2, -0.15) is 0 Å². The van der Waals surface area contributed by atoms with Gasteiger partial charge in [0.2, 0.25) is 5.91 Å². The molecular weight excluding hydrogens is 1160 g/mol.